The van der Waals surface area contributed by atoms with Gasteiger partial charge >= 0.3 is 18.0 Å². The number of rotatable bonds is 5. The molecule has 0 aromatic heterocycles. The predicted octanol–water partition coefficient (Wildman–Crippen LogP) is 0.0942. The van der Waals surface area contributed by atoms with Crippen LogP contribution in [0, 0.1) is 0 Å². The number of aliphatic carboxylic acids is 1. The van der Waals surface area contributed by atoms with Crippen LogP contribution in [-0.2, 0) is 14.4 Å². The van der Waals surface area contributed by atoms with Crippen molar-refractivity contribution in [3.63, 3.8) is 0 Å². The molecule has 1 aromatic carbocycles. The number of urea groups is 2. The second kappa shape index (κ2) is 8.01. The molecule has 3 aliphatic rings. The smallest absolute Gasteiger partial charge is 0.327 e. The minimum atomic E-state index is -1.14. The van der Waals surface area contributed by atoms with Crippen molar-refractivity contribution in [3.8, 4) is 0 Å². The number of benzene rings is 1. The number of nitrogens with one attached hydrogen (secondary N) is 3. The van der Waals surface area contributed by atoms with E-state index < -0.39 is 58.1 Å². The average molecular weight is 462 g/mol. The Morgan fingerprint density at radius 2 is 1.91 bits per heavy atom. The molecule has 170 valence electrons. The van der Waals surface area contributed by atoms with E-state index in [1.54, 1.807) is 44.2 Å². The fourth-order valence-corrected chi connectivity index (χ4v) is 5.82. The van der Waals surface area contributed by atoms with Gasteiger partial charge in [-0.2, -0.15) is 0 Å². The molecule has 0 saturated carbocycles. The zero-order valence-electron chi connectivity index (χ0n) is 17.4. The Morgan fingerprint density at radius 1 is 1.22 bits per heavy atom. The number of hydrogen-bond donors (Lipinski definition) is 4. The highest BCUT2D eigenvalue weighted by Gasteiger charge is 2.64. The summed E-state index contributed by atoms with van der Waals surface area (Å²) in [6.45, 7) is 3.98. The Hall–Kier alpha value is -3.28. The van der Waals surface area contributed by atoms with Gasteiger partial charge in [-0.25, -0.2) is 19.3 Å². The maximum absolute atomic E-state index is 13.1. The third-order valence-electron chi connectivity index (χ3n) is 5.74. The Bertz CT molecular complexity index is 986. The van der Waals surface area contributed by atoms with E-state index in [0.29, 0.717) is 12.1 Å². The van der Waals surface area contributed by atoms with Crippen LogP contribution in [0.3, 0.4) is 0 Å². The number of carbonyl (C=O) groups is 5. The van der Waals surface area contributed by atoms with E-state index in [2.05, 4.69) is 16.0 Å². The number of thioether (sulfide) groups is 1. The number of fused-ring (bicyclic) bond motifs is 1. The SMILES string of the molecule is CC1(C)S[C@@H]2[C@@H](NC(=O)[C@@H](NC(=O)N3CCNC3=O)c3ccccc3)C(=O)N2[C@@H]1C(=O)O. The van der Waals surface area contributed by atoms with Gasteiger partial charge in [-0.05, 0) is 19.4 Å². The summed E-state index contributed by atoms with van der Waals surface area (Å²) in [5, 5.41) is 16.8. The summed E-state index contributed by atoms with van der Waals surface area (Å²) in [4.78, 5) is 64.2. The maximum atomic E-state index is 13.1. The highest BCUT2D eigenvalue weighted by molar-refractivity contribution is 8.01. The molecule has 0 aliphatic carbocycles. The van der Waals surface area contributed by atoms with Crippen molar-refractivity contribution < 1.29 is 29.1 Å². The third-order valence-corrected chi connectivity index (χ3v) is 7.31. The number of carboxylic acids is 1. The van der Waals surface area contributed by atoms with E-state index in [4.69, 9.17) is 0 Å². The summed E-state index contributed by atoms with van der Waals surface area (Å²) in [7, 11) is 0. The van der Waals surface area contributed by atoms with E-state index >= 15 is 0 Å². The predicted molar refractivity (Wildman–Crippen MR) is 113 cm³/mol. The van der Waals surface area contributed by atoms with Gasteiger partial charge in [0.05, 0.1) is 0 Å². The average Bonchev–Trinajstić information content (AvgIpc) is 3.29. The van der Waals surface area contributed by atoms with Gasteiger partial charge in [0.1, 0.15) is 23.5 Å². The first-order valence-corrected chi connectivity index (χ1v) is 10.9. The van der Waals surface area contributed by atoms with Crippen LogP contribution in [0.5, 0.6) is 0 Å². The van der Waals surface area contributed by atoms with Gasteiger partial charge in [-0.15, -0.1) is 11.8 Å². The lowest BCUT2D eigenvalue weighted by molar-refractivity contribution is -0.161. The van der Waals surface area contributed by atoms with Crippen molar-refractivity contribution in [2.45, 2.75) is 42.1 Å². The quantitative estimate of drug-likeness (QED) is 0.454. The minimum Gasteiger partial charge on any atom is -0.480 e. The fourth-order valence-electron chi connectivity index (χ4n) is 4.19. The molecule has 0 spiro atoms. The van der Waals surface area contributed by atoms with Gasteiger partial charge in [0.15, 0.2) is 0 Å². The van der Waals surface area contributed by atoms with Gasteiger partial charge in [0.25, 0.3) is 0 Å². The van der Waals surface area contributed by atoms with Crippen LogP contribution in [0.2, 0.25) is 0 Å². The van der Waals surface area contributed by atoms with Crippen molar-refractivity contribution in [2.24, 2.45) is 0 Å². The molecule has 4 rings (SSSR count). The normalized spacial score (nSPS) is 26.6. The van der Waals surface area contributed by atoms with Crippen LogP contribution in [0.15, 0.2) is 30.3 Å². The van der Waals surface area contributed by atoms with Crippen LogP contribution >= 0.6 is 11.8 Å². The highest BCUT2D eigenvalue weighted by atomic mass is 32.2. The standard InChI is InChI=1S/C20H23N5O6S/c1-20(2)13(17(28)29)25-15(27)12(16(25)32-20)22-14(26)11(10-6-4-3-5-7-10)23-19(31)24-9-8-21-18(24)30/h3-7,11-13,16H,8-9H2,1-2H3,(H,21,30)(H,22,26)(H,23,31)(H,28,29)/t11-,12-,13+,16+/m0/s1. The number of imide groups is 1. The molecular formula is C20H23N5O6S. The van der Waals surface area contributed by atoms with Crippen LogP contribution in [-0.4, -0.2) is 80.0 Å². The van der Waals surface area contributed by atoms with Crippen LogP contribution < -0.4 is 16.0 Å². The van der Waals surface area contributed by atoms with Crippen LogP contribution in [0.4, 0.5) is 9.59 Å². The first-order chi connectivity index (χ1) is 15.1. The Labute approximate surface area is 187 Å². The lowest BCUT2D eigenvalue weighted by Crippen LogP contribution is -2.71. The third kappa shape index (κ3) is 3.64. The summed E-state index contributed by atoms with van der Waals surface area (Å²) in [6.07, 6.45) is 0. The first kappa shape index (κ1) is 21.9. The molecule has 3 heterocycles. The van der Waals surface area contributed by atoms with Crippen LogP contribution in [0.25, 0.3) is 0 Å². The summed E-state index contributed by atoms with van der Waals surface area (Å²) in [6, 6.07) is 4.14. The van der Waals surface area contributed by atoms with Gasteiger partial charge in [-0.1, -0.05) is 30.3 Å². The molecule has 4 N–H and O–H groups in total. The molecule has 3 aliphatic heterocycles. The molecule has 32 heavy (non-hydrogen) atoms. The van der Waals surface area contributed by atoms with E-state index in [1.165, 1.54) is 16.7 Å². The van der Waals surface area contributed by atoms with Crippen molar-refractivity contribution in [2.75, 3.05) is 13.1 Å². The summed E-state index contributed by atoms with van der Waals surface area (Å²) in [5.74, 6) is -2.20. The zero-order valence-corrected chi connectivity index (χ0v) is 18.2. The first-order valence-electron chi connectivity index (χ1n) is 10.1. The number of nitrogens with zero attached hydrogens (tertiary/aromatic N) is 2. The number of carboxylic acid groups (broad SMARTS) is 1. The van der Waals surface area contributed by atoms with Crippen molar-refractivity contribution in [3.05, 3.63) is 35.9 Å². The summed E-state index contributed by atoms with van der Waals surface area (Å²) < 4.78 is -0.720. The fraction of sp³-hybridized carbons (Fsp3) is 0.450. The molecule has 3 fully saturated rings. The van der Waals surface area contributed by atoms with Crippen LogP contribution in [0.1, 0.15) is 25.5 Å². The highest BCUT2D eigenvalue weighted by Crippen LogP contribution is 2.50. The monoisotopic (exact) mass is 461 g/mol. The minimum absolute atomic E-state index is 0.175. The summed E-state index contributed by atoms with van der Waals surface area (Å²) >= 11 is 1.31. The zero-order chi connectivity index (χ0) is 23.2. The lowest BCUT2D eigenvalue weighted by Gasteiger charge is -2.44. The van der Waals surface area contributed by atoms with E-state index in [0.717, 1.165) is 4.90 Å². The number of carbonyl (C=O) groups excluding carboxylic acids is 4. The van der Waals surface area contributed by atoms with Crippen molar-refractivity contribution in [1.29, 1.82) is 0 Å². The Morgan fingerprint density at radius 3 is 2.50 bits per heavy atom. The van der Waals surface area contributed by atoms with E-state index in [-0.39, 0.29) is 6.54 Å². The second-order valence-corrected chi connectivity index (χ2v) is 10.0. The molecule has 11 nitrogen and oxygen atoms in total. The van der Waals surface area contributed by atoms with Crippen molar-refractivity contribution >= 4 is 41.6 Å². The molecule has 0 radical (unpaired) electrons. The largest absolute Gasteiger partial charge is 0.480 e. The molecule has 0 unspecified atom stereocenters. The van der Waals surface area contributed by atoms with E-state index in [9.17, 15) is 29.1 Å². The lowest BCUT2D eigenvalue weighted by atomic mass is 9.95. The number of amides is 6. The molecule has 4 atom stereocenters. The Kier molecular flexibility index (Phi) is 5.49. The Balaban J connectivity index is 1.51. The van der Waals surface area contributed by atoms with Gasteiger partial charge in [0, 0.05) is 17.8 Å². The van der Waals surface area contributed by atoms with Gasteiger partial charge in [0.2, 0.25) is 11.8 Å². The van der Waals surface area contributed by atoms with E-state index in [1.807, 2.05) is 0 Å². The second-order valence-electron chi connectivity index (χ2n) is 8.26. The molecule has 0 bridgehead atoms. The molecule has 1 aromatic rings. The van der Waals surface area contributed by atoms with Gasteiger partial charge < -0.3 is 26.0 Å². The van der Waals surface area contributed by atoms with Gasteiger partial charge in [-0.3, -0.25) is 9.59 Å². The maximum Gasteiger partial charge on any atom is 0.327 e. The molecule has 3 saturated heterocycles. The van der Waals surface area contributed by atoms with Crippen molar-refractivity contribution in [1.82, 2.24) is 25.8 Å². The molecule has 12 heteroatoms. The number of β-lactam (4-membered cyclic amide) rings is 1. The number of hydrogen-bond acceptors (Lipinski definition) is 6. The molecule has 6 amide bonds. The molecular weight excluding hydrogens is 438 g/mol. The topological polar surface area (TPSA) is 148 Å². The summed E-state index contributed by atoms with van der Waals surface area (Å²) in [5.41, 5.74) is 0.476.